The molecule has 0 aliphatic heterocycles. The Morgan fingerprint density at radius 3 is 2.30 bits per heavy atom. The third-order valence-corrected chi connectivity index (χ3v) is 4.41. The SMILES string of the molecule is CC(C)C1=CC(CCCCCCBr)=C[C+](C(C)C)C1=N. The second kappa shape index (κ2) is 8.71. The molecule has 1 aliphatic rings. The molecule has 1 rings (SSSR count). The quantitative estimate of drug-likeness (QED) is 0.314. The van der Waals surface area contributed by atoms with Crippen LogP contribution in [0.4, 0.5) is 0 Å². The molecule has 1 nitrogen and oxygen atoms in total. The number of unbranched alkanes of at least 4 members (excludes halogenated alkanes) is 3. The molecule has 2 heteroatoms. The maximum atomic E-state index is 8.37. The minimum atomic E-state index is 0.438. The number of halogens is 1. The minimum Gasteiger partial charge on any atom is -0.275 e. The van der Waals surface area contributed by atoms with E-state index in [0.717, 1.165) is 17.5 Å². The van der Waals surface area contributed by atoms with Gasteiger partial charge in [-0.2, -0.15) is 0 Å². The van der Waals surface area contributed by atoms with E-state index in [-0.39, 0.29) is 0 Å². The molecule has 0 fully saturated rings. The molecule has 20 heavy (non-hydrogen) atoms. The highest BCUT2D eigenvalue weighted by atomic mass is 79.9. The fourth-order valence-electron chi connectivity index (χ4n) is 2.58. The summed E-state index contributed by atoms with van der Waals surface area (Å²) in [5.74, 6) is 2.09. The summed E-state index contributed by atoms with van der Waals surface area (Å²) in [4.78, 5) is 0. The van der Waals surface area contributed by atoms with Gasteiger partial charge in [-0.1, -0.05) is 28.8 Å². The average Bonchev–Trinajstić information content (AvgIpc) is 2.39. The molecule has 0 amide bonds. The predicted octanol–water partition coefficient (Wildman–Crippen LogP) is 6.10. The predicted molar refractivity (Wildman–Crippen MR) is 93.7 cm³/mol. The zero-order chi connectivity index (χ0) is 15.1. The van der Waals surface area contributed by atoms with E-state index in [0.29, 0.717) is 11.8 Å². The molecule has 0 saturated carbocycles. The third kappa shape index (κ3) is 5.12. The molecule has 0 aromatic carbocycles. The first-order chi connectivity index (χ1) is 9.47. The molecule has 112 valence electrons. The van der Waals surface area contributed by atoms with Crippen LogP contribution < -0.4 is 0 Å². The molecule has 0 aromatic heterocycles. The Morgan fingerprint density at radius 2 is 1.75 bits per heavy atom. The lowest BCUT2D eigenvalue weighted by Gasteiger charge is -2.19. The smallest absolute Gasteiger partial charge is 0.172 e. The van der Waals surface area contributed by atoms with Crippen LogP contribution in [0.3, 0.4) is 0 Å². The van der Waals surface area contributed by atoms with Crippen LogP contribution in [0, 0.1) is 23.2 Å². The van der Waals surface area contributed by atoms with Gasteiger partial charge >= 0.3 is 0 Å². The van der Waals surface area contributed by atoms with Gasteiger partial charge in [0.15, 0.2) is 5.71 Å². The van der Waals surface area contributed by atoms with Crippen molar-refractivity contribution in [2.75, 3.05) is 5.33 Å². The molecular weight excluding hydrogens is 310 g/mol. The van der Waals surface area contributed by atoms with Crippen molar-refractivity contribution < 1.29 is 0 Å². The van der Waals surface area contributed by atoms with E-state index < -0.39 is 0 Å². The highest BCUT2D eigenvalue weighted by Gasteiger charge is 2.33. The van der Waals surface area contributed by atoms with Gasteiger partial charge in [0.25, 0.3) is 0 Å². The normalized spacial score (nSPS) is 15.9. The zero-order valence-electron chi connectivity index (χ0n) is 13.4. The fraction of sp³-hybridized carbons (Fsp3) is 0.667. The summed E-state index contributed by atoms with van der Waals surface area (Å²) < 4.78 is 0. The van der Waals surface area contributed by atoms with E-state index in [9.17, 15) is 0 Å². The van der Waals surface area contributed by atoms with Crippen molar-refractivity contribution in [3.8, 4) is 0 Å². The van der Waals surface area contributed by atoms with Gasteiger partial charge in [0.2, 0.25) is 0 Å². The number of nitrogens with one attached hydrogen (secondary N) is 1. The monoisotopic (exact) mass is 338 g/mol. The van der Waals surface area contributed by atoms with Crippen molar-refractivity contribution in [1.82, 2.24) is 0 Å². The molecule has 0 aromatic rings. The van der Waals surface area contributed by atoms with Crippen LogP contribution in [0.2, 0.25) is 0 Å². The first kappa shape index (κ1) is 17.6. The number of hydrogen-bond donors (Lipinski definition) is 1. The van der Waals surface area contributed by atoms with Gasteiger partial charge in [-0.05, 0) is 40.5 Å². The second-order valence-electron chi connectivity index (χ2n) is 6.31. The Kier molecular flexibility index (Phi) is 7.65. The maximum absolute atomic E-state index is 8.37. The van der Waals surface area contributed by atoms with Crippen molar-refractivity contribution >= 4 is 21.6 Å². The van der Waals surface area contributed by atoms with Gasteiger partial charge in [0.1, 0.15) is 0 Å². The second-order valence-corrected chi connectivity index (χ2v) is 7.10. The minimum absolute atomic E-state index is 0.438. The van der Waals surface area contributed by atoms with E-state index >= 15 is 0 Å². The van der Waals surface area contributed by atoms with Gasteiger partial charge in [-0.25, -0.2) is 0 Å². The molecule has 0 spiro atoms. The van der Waals surface area contributed by atoms with Crippen LogP contribution in [0.15, 0.2) is 23.3 Å². The molecule has 1 N–H and O–H groups in total. The summed E-state index contributed by atoms with van der Waals surface area (Å²) >= 11 is 3.48. The van der Waals surface area contributed by atoms with Crippen LogP contribution in [0.1, 0.15) is 59.8 Å². The van der Waals surface area contributed by atoms with Gasteiger partial charge in [0, 0.05) is 23.6 Å². The van der Waals surface area contributed by atoms with Crippen molar-refractivity contribution in [2.45, 2.75) is 59.8 Å². The lowest BCUT2D eigenvalue weighted by Crippen LogP contribution is -2.23. The average molecular weight is 339 g/mol. The molecule has 0 atom stereocenters. The van der Waals surface area contributed by atoms with Crippen molar-refractivity contribution in [2.24, 2.45) is 11.8 Å². The summed E-state index contributed by atoms with van der Waals surface area (Å²) in [7, 11) is 0. The molecule has 0 unspecified atom stereocenters. The van der Waals surface area contributed by atoms with Crippen LogP contribution in [-0.4, -0.2) is 11.0 Å². The van der Waals surface area contributed by atoms with Crippen molar-refractivity contribution in [3.05, 3.63) is 29.2 Å². The Morgan fingerprint density at radius 1 is 1.10 bits per heavy atom. The molecule has 0 bridgehead atoms. The standard InChI is InChI=1S/C18H29BrN/c1-13(2)16-11-15(9-7-5-6-8-10-19)12-17(14(3)4)18(16)20/h11-14,20H,5-10H2,1-4H3/q+1. The number of alkyl halides is 1. The van der Waals surface area contributed by atoms with Crippen LogP contribution in [-0.2, 0) is 0 Å². The van der Waals surface area contributed by atoms with Gasteiger partial charge in [0.05, 0.1) is 29.2 Å². The van der Waals surface area contributed by atoms with E-state index in [2.05, 4.69) is 55.8 Å². The lowest BCUT2D eigenvalue weighted by molar-refractivity contribution is 0.667. The van der Waals surface area contributed by atoms with E-state index in [4.69, 9.17) is 5.41 Å². The van der Waals surface area contributed by atoms with Gasteiger partial charge in [-0.3, -0.25) is 5.41 Å². The Hall–Kier alpha value is -0.500. The molecule has 0 radical (unpaired) electrons. The molecule has 0 heterocycles. The fourth-order valence-corrected chi connectivity index (χ4v) is 2.98. The highest BCUT2D eigenvalue weighted by molar-refractivity contribution is 9.09. The Bertz CT molecular complexity index is 377. The summed E-state index contributed by atoms with van der Waals surface area (Å²) in [5, 5.41) is 9.49. The Labute approximate surface area is 133 Å². The van der Waals surface area contributed by atoms with Crippen molar-refractivity contribution in [1.29, 1.82) is 5.41 Å². The summed E-state index contributed by atoms with van der Waals surface area (Å²) in [6, 6.07) is 0. The Balaban J connectivity index is 2.67. The molecule has 0 saturated heterocycles. The van der Waals surface area contributed by atoms with E-state index in [1.54, 1.807) is 0 Å². The van der Waals surface area contributed by atoms with Crippen molar-refractivity contribution in [3.63, 3.8) is 0 Å². The number of hydrogen-bond acceptors (Lipinski definition) is 1. The third-order valence-electron chi connectivity index (χ3n) is 3.85. The first-order valence-corrected chi connectivity index (χ1v) is 9.03. The summed E-state index contributed by atoms with van der Waals surface area (Å²) in [6.45, 7) is 8.77. The summed E-state index contributed by atoms with van der Waals surface area (Å²) in [6.07, 6.45) is 10.9. The summed E-state index contributed by atoms with van der Waals surface area (Å²) in [5.41, 5.74) is 3.40. The molecule has 1 aliphatic carbocycles. The topological polar surface area (TPSA) is 23.9 Å². The lowest BCUT2D eigenvalue weighted by atomic mass is 9.77. The van der Waals surface area contributed by atoms with Gasteiger partial charge in [-0.15, -0.1) is 0 Å². The largest absolute Gasteiger partial charge is 0.275 e. The first-order valence-electron chi connectivity index (χ1n) is 7.91. The van der Waals surface area contributed by atoms with Gasteiger partial charge < -0.3 is 0 Å². The zero-order valence-corrected chi connectivity index (χ0v) is 15.0. The van der Waals surface area contributed by atoms with E-state index in [1.165, 1.54) is 42.7 Å². The number of allylic oxidation sites excluding steroid dienone is 4. The highest BCUT2D eigenvalue weighted by Crippen LogP contribution is 2.32. The maximum Gasteiger partial charge on any atom is 0.172 e. The van der Waals surface area contributed by atoms with Crippen LogP contribution >= 0.6 is 15.9 Å². The van der Waals surface area contributed by atoms with E-state index in [1.807, 2.05) is 0 Å². The van der Waals surface area contributed by atoms with Crippen LogP contribution in [0.25, 0.3) is 0 Å². The van der Waals surface area contributed by atoms with Crippen LogP contribution in [0.5, 0.6) is 0 Å². The number of rotatable bonds is 8. The molecular formula is C18H29BrN+.